The van der Waals surface area contributed by atoms with E-state index in [1.165, 1.54) is 48.5 Å². The molecule has 0 saturated carbocycles. The maximum absolute atomic E-state index is 13.1. The molecule has 0 unspecified atom stereocenters. The first kappa shape index (κ1) is 51.4. The van der Waals surface area contributed by atoms with Gasteiger partial charge in [-0.3, -0.25) is 9.59 Å². The van der Waals surface area contributed by atoms with Crippen LogP contribution in [0, 0.1) is 0 Å². The SMILES string of the molecule is C=CC(=O)OCCCCOC(=O)Oc1ccc(C(=O)Cc2ccc(C(=O)O[C@H]3CO[C@H]4[C@@H]3OC[C@H]4OC(=O)c3ccc(CC(=O)c4ccc(OC(=O)OCCCCOC(=O)C=C)cc4)cc3)cc2)cc1. The zero-order valence-corrected chi connectivity index (χ0v) is 37.9. The molecule has 2 heterocycles. The number of hydrogen-bond donors (Lipinski definition) is 0. The van der Waals surface area contributed by atoms with Gasteiger partial charge in [0.2, 0.25) is 0 Å². The predicted octanol–water partition coefficient (Wildman–Crippen LogP) is 7.14. The number of carbonyl (C=O) groups is 8. The Bertz CT molecular complexity index is 2320. The average molecular weight is 963 g/mol. The van der Waals surface area contributed by atoms with Crippen LogP contribution in [0.1, 0.15) is 78.2 Å². The van der Waals surface area contributed by atoms with Crippen molar-refractivity contribution in [3.63, 3.8) is 0 Å². The highest BCUT2D eigenvalue weighted by atomic mass is 16.7. The number of Topliss-reactive ketones (excluding diaryl/α,β-unsaturated/α-hetero) is 2. The quantitative estimate of drug-likeness (QED) is 0.0170. The van der Waals surface area contributed by atoms with E-state index in [9.17, 15) is 38.4 Å². The second kappa shape index (κ2) is 26.0. The van der Waals surface area contributed by atoms with Gasteiger partial charge < -0.3 is 47.4 Å². The number of fused-ring (bicyclic) bond motifs is 1. The largest absolute Gasteiger partial charge is 0.513 e. The first-order valence-electron chi connectivity index (χ1n) is 22.3. The van der Waals surface area contributed by atoms with E-state index in [0.29, 0.717) is 47.9 Å². The lowest BCUT2D eigenvalue weighted by molar-refractivity contribution is -0.138. The van der Waals surface area contributed by atoms with Crippen molar-refractivity contribution in [3.05, 3.63) is 156 Å². The van der Waals surface area contributed by atoms with Crippen molar-refractivity contribution in [1.82, 2.24) is 0 Å². The first-order valence-corrected chi connectivity index (χ1v) is 22.3. The first-order chi connectivity index (χ1) is 33.9. The van der Waals surface area contributed by atoms with Crippen LogP contribution in [0.5, 0.6) is 11.5 Å². The molecular formula is C52H50O18. The standard InChI is InChI=1S/C52H50O18/c1-3-45(55)61-25-5-7-27-63-51(59)67-39-21-17-35(18-22-39)41(53)29-33-9-13-37(14-10-33)49(57)69-43-31-65-48-44(32-66-47(43)48)70-50(58)38-15-11-34(12-16-38)30-42(54)36-19-23-40(24-20-36)68-52(60)64-28-8-6-26-62-46(56)4-2/h3-4,9-24,43-44,47-48H,1-2,5-8,25-32H2/t43-,44+,47-,48-/m1/s1. The molecule has 0 amide bonds. The number of hydrogen-bond acceptors (Lipinski definition) is 18. The Balaban J connectivity index is 0.876. The van der Waals surface area contributed by atoms with Crippen LogP contribution in [-0.2, 0) is 60.3 Å². The minimum absolute atomic E-state index is 0.0214. The molecule has 0 aromatic heterocycles. The van der Waals surface area contributed by atoms with Gasteiger partial charge in [-0.05, 0) is 110 Å². The molecular weight excluding hydrogens is 913 g/mol. The van der Waals surface area contributed by atoms with E-state index >= 15 is 0 Å². The Morgan fingerprint density at radius 2 is 0.786 bits per heavy atom. The molecule has 70 heavy (non-hydrogen) atoms. The zero-order valence-electron chi connectivity index (χ0n) is 37.9. The summed E-state index contributed by atoms with van der Waals surface area (Å²) in [5.74, 6) is -2.34. The molecule has 4 aromatic carbocycles. The van der Waals surface area contributed by atoms with E-state index in [2.05, 4.69) is 13.2 Å². The Morgan fingerprint density at radius 3 is 1.13 bits per heavy atom. The third kappa shape index (κ3) is 15.5. The third-order valence-corrected chi connectivity index (χ3v) is 10.7. The minimum atomic E-state index is -0.910. The summed E-state index contributed by atoms with van der Waals surface area (Å²) < 4.78 is 53.2. The van der Waals surface area contributed by atoms with Crippen molar-refractivity contribution in [2.45, 2.75) is 62.9 Å². The Morgan fingerprint density at radius 1 is 0.457 bits per heavy atom. The fourth-order valence-corrected chi connectivity index (χ4v) is 6.99. The van der Waals surface area contributed by atoms with E-state index in [4.69, 9.17) is 47.4 Å². The molecule has 18 heteroatoms. The van der Waals surface area contributed by atoms with E-state index in [1.54, 1.807) is 48.5 Å². The highest BCUT2D eigenvalue weighted by Crippen LogP contribution is 2.32. The number of rotatable bonds is 24. The van der Waals surface area contributed by atoms with E-state index in [1.807, 2.05) is 0 Å². The fourth-order valence-electron chi connectivity index (χ4n) is 6.99. The summed E-state index contributed by atoms with van der Waals surface area (Å²) >= 11 is 0. The van der Waals surface area contributed by atoms with E-state index in [0.717, 1.165) is 12.2 Å². The number of unbranched alkanes of at least 4 members (excludes halogenated alkanes) is 2. The third-order valence-electron chi connectivity index (χ3n) is 10.7. The van der Waals surface area contributed by atoms with Crippen LogP contribution >= 0.6 is 0 Å². The molecule has 2 aliphatic rings. The van der Waals surface area contributed by atoms with Gasteiger partial charge >= 0.3 is 36.2 Å². The van der Waals surface area contributed by atoms with Crippen LogP contribution in [0.3, 0.4) is 0 Å². The monoisotopic (exact) mass is 962 g/mol. The highest BCUT2D eigenvalue weighted by molar-refractivity contribution is 5.98. The molecule has 4 atom stereocenters. The number of esters is 4. The summed E-state index contributed by atoms with van der Waals surface area (Å²) in [6, 6.07) is 24.7. The van der Waals surface area contributed by atoms with Gasteiger partial charge in [0.15, 0.2) is 23.8 Å². The maximum Gasteiger partial charge on any atom is 0.513 e. The van der Waals surface area contributed by atoms with Gasteiger partial charge in [-0.25, -0.2) is 28.8 Å². The van der Waals surface area contributed by atoms with Gasteiger partial charge in [-0.15, -0.1) is 0 Å². The minimum Gasteiger partial charge on any atom is -0.463 e. The van der Waals surface area contributed by atoms with Gasteiger partial charge in [0, 0.05) is 36.1 Å². The maximum atomic E-state index is 13.1. The lowest BCUT2D eigenvalue weighted by Crippen LogP contribution is -2.36. The van der Waals surface area contributed by atoms with Crippen LogP contribution in [0.15, 0.2) is 122 Å². The van der Waals surface area contributed by atoms with Crippen molar-refractivity contribution in [3.8, 4) is 11.5 Å². The summed E-state index contributed by atoms with van der Waals surface area (Å²) in [5.41, 5.74) is 2.54. The summed E-state index contributed by atoms with van der Waals surface area (Å²) in [7, 11) is 0. The van der Waals surface area contributed by atoms with Gasteiger partial charge in [-0.1, -0.05) is 37.4 Å². The van der Waals surface area contributed by atoms with Gasteiger partial charge in [-0.2, -0.15) is 0 Å². The van der Waals surface area contributed by atoms with Gasteiger partial charge in [0.1, 0.15) is 23.7 Å². The number of carbonyl (C=O) groups excluding carboxylic acids is 8. The summed E-state index contributed by atoms with van der Waals surface area (Å²) in [6.07, 6.45) is -0.579. The van der Waals surface area contributed by atoms with Crippen molar-refractivity contribution in [1.29, 1.82) is 0 Å². The lowest BCUT2D eigenvalue weighted by Gasteiger charge is -2.17. The molecule has 2 fully saturated rings. The molecule has 0 bridgehead atoms. The van der Waals surface area contributed by atoms with Gasteiger partial charge in [0.05, 0.1) is 50.8 Å². The van der Waals surface area contributed by atoms with Crippen molar-refractivity contribution >= 4 is 47.8 Å². The van der Waals surface area contributed by atoms with Crippen LogP contribution in [0.4, 0.5) is 9.59 Å². The van der Waals surface area contributed by atoms with Crippen molar-refractivity contribution in [2.24, 2.45) is 0 Å². The Hall–Kier alpha value is -7.96. The lowest BCUT2D eigenvalue weighted by atomic mass is 10.0. The number of benzene rings is 4. The normalized spacial score (nSPS) is 16.6. The zero-order chi connectivity index (χ0) is 49.8. The van der Waals surface area contributed by atoms with Gasteiger partial charge in [0.25, 0.3) is 0 Å². The van der Waals surface area contributed by atoms with Crippen LogP contribution in [-0.4, -0.2) is 112 Å². The fraction of sp³-hybridized carbons (Fsp3) is 0.308. The molecule has 2 aliphatic heterocycles. The Kier molecular flexibility index (Phi) is 19.1. The predicted molar refractivity (Wildman–Crippen MR) is 244 cm³/mol. The molecule has 0 radical (unpaired) electrons. The smallest absolute Gasteiger partial charge is 0.463 e. The van der Waals surface area contributed by atoms with Crippen molar-refractivity contribution in [2.75, 3.05) is 39.6 Å². The molecule has 4 aromatic rings. The molecule has 0 N–H and O–H groups in total. The average Bonchev–Trinajstić information content (AvgIpc) is 3.96. The summed E-state index contributed by atoms with van der Waals surface area (Å²) in [4.78, 5) is 98.3. The van der Waals surface area contributed by atoms with Crippen LogP contribution in [0.25, 0.3) is 0 Å². The number of ketones is 2. The summed E-state index contributed by atoms with van der Waals surface area (Å²) in [5, 5.41) is 0. The molecule has 18 nitrogen and oxygen atoms in total. The summed E-state index contributed by atoms with van der Waals surface area (Å²) in [6.45, 7) is 7.16. The molecule has 6 rings (SSSR count). The van der Waals surface area contributed by atoms with Crippen LogP contribution < -0.4 is 9.47 Å². The topological polar surface area (TPSA) is 229 Å². The van der Waals surface area contributed by atoms with E-state index < -0.39 is 60.6 Å². The highest BCUT2D eigenvalue weighted by Gasteiger charge is 2.51. The molecule has 0 spiro atoms. The Labute approximate surface area is 402 Å². The number of ether oxygens (including phenoxy) is 10. The van der Waals surface area contributed by atoms with E-state index in [-0.39, 0.29) is 86.7 Å². The molecule has 2 saturated heterocycles. The van der Waals surface area contributed by atoms with Crippen molar-refractivity contribution < 1.29 is 85.7 Å². The second-order valence-electron chi connectivity index (χ2n) is 15.7. The molecule has 0 aliphatic carbocycles. The second-order valence-corrected chi connectivity index (χ2v) is 15.7. The van der Waals surface area contributed by atoms with Crippen LogP contribution in [0.2, 0.25) is 0 Å². The molecule has 366 valence electrons.